The fourth-order valence-corrected chi connectivity index (χ4v) is 2.41. The Balaban J connectivity index is 2.60. The van der Waals surface area contributed by atoms with E-state index in [1.807, 2.05) is 18.4 Å². The zero-order valence-electron chi connectivity index (χ0n) is 8.21. The maximum atomic E-state index is 5.96. The number of thiophene rings is 1. The van der Waals surface area contributed by atoms with Crippen LogP contribution in [0.3, 0.4) is 0 Å². The van der Waals surface area contributed by atoms with Crippen molar-refractivity contribution in [1.29, 1.82) is 0 Å². The minimum absolute atomic E-state index is 0.415. The van der Waals surface area contributed by atoms with Gasteiger partial charge in [-0.1, -0.05) is 23.2 Å². The van der Waals surface area contributed by atoms with Crippen LogP contribution in [0.5, 0.6) is 0 Å². The Bertz CT molecular complexity index is 485. The summed E-state index contributed by atoms with van der Waals surface area (Å²) >= 11 is 13.5. The summed E-state index contributed by atoms with van der Waals surface area (Å²) in [6, 6.07) is 2.02. The van der Waals surface area contributed by atoms with E-state index < -0.39 is 0 Å². The van der Waals surface area contributed by atoms with Crippen molar-refractivity contribution in [3.63, 3.8) is 0 Å². The fraction of sp³-hybridized carbons (Fsp3) is 0.200. The molecule has 0 saturated heterocycles. The van der Waals surface area contributed by atoms with Crippen LogP contribution in [-0.4, -0.2) is 9.97 Å². The molecular weight excluding hydrogens is 251 g/mol. The molecule has 78 valence electrons. The second kappa shape index (κ2) is 4.08. The maximum absolute atomic E-state index is 5.96. The highest BCUT2D eigenvalue weighted by Gasteiger charge is 2.11. The Labute approximate surface area is 102 Å². The number of nitrogens with zero attached hydrogens (tertiary/aromatic N) is 2. The standard InChI is InChI=1S/C10H8Cl2N2S/c1-5-3-4-15-7(5)10-13-8(11)6(2)9(12)14-10/h3-4H,1-2H3. The third kappa shape index (κ3) is 2.00. The third-order valence-electron chi connectivity index (χ3n) is 2.09. The molecule has 0 unspecified atom stereocenters. The van der Waals surface area contributed by atoms with E-state index in [1.165, 1.54) is 0 Å². The molecule has 0 bridgehead atoms. The van der Waals surface area contributed by atoms with Crippen LogP contribution in [0.1, 0.15) is 11.1 Å². The smallest absolute Gasteiger partial charge is 0.172 e. The van der Waals surface area contributed by atoms with Gasteiger partial charge in [0.15, 0.2) is 5.82 Å². The van der Waals surface area contributed by atoms with Crippen LogP contribution >= 0.6 is 34.5 Å². The van der Waals surface area contributed by atoms with Crippen molar-refractivity contribution in [3.05, 3.63) is 32.9 Å². The molecule has 0 N–H and O–H groups in total. The molecule has 15 heavy (non-hydrogen) atoms. The highest BCUT2D eigenvalue weighted by molar-refractivity contribution is 7.13. The molecule has 2 aromatic heterocycles. The first kappa shape index (κ1) is 10.9. The lowest BCUT2D eigenvalue weighted by Gasteiger charge is -2.03. The number of halogens is 2. The molecule has 5 heteroatoms. The average Bonchev–Trinajstić information content (AvgIpc) is 2.60. The first-order chi connectivity index (χ1) is 7.09. The van der Waals surface area contributed by atoms with Gasteiger partial charge < -0.3 is 0 Å². The van der Waals surface area contributed by atoms with Gasteiger partial charge in [-0.15, -0.1) is 11.3 Å². The molecule has 0 aromatic carbocycles. The number of hydrogen-bond acceptors (Lipinski definition) is 3. The molecule has 0 amide bonds. The highest BCUT2D eigenvalue weighted by atomic mass is 35.5. The number of aromatic nitrogens is 2. The fourth-order valence-electron chi connectivity index (χ4n) is 1.17. The van der Waals surface area contributed by atoms with Crippen LogP contribution < -0.4 is 0 Å². The van der Waals surface area contributed by atoms with Gasteiger partial charge in [0.2, 0.25) is 0 Å². The van der Waals surface area contributed by atoms with E-state index in [0.717, 1.165) is 16.0 Å². The summed E-state index contributed by atoms with van der Waals surface area (Å²) in [4.78, 5) is 9.45. The number of aryl methyl sites for hydroxylation is 1. The van der Waals surface area contributed by atoms with Crippen LogP contribution in [0.4, 0.5) is 0 Å². The monoisotopic (exact) mass is 258 g/mol. The molecule has 2 heterocycles. The van der Waals surface area contributed by atoms with Gasteiger partial charge in [0, 0.05) is 5.56 Å². The molecule has 0 fully saturated rings. The molecule has 2 rings (SSSR count). The normalized spacial score (nSPS) is 10.7. The van der Waals surface area contributed by atoms with Crippen molar-refractivity contribution in [2.24, 2.45) is 0 Å². The van der Waals surface area contributed by atoms with Crippen molar-refractivity contribution in [1.82, 2.24) is 9.97 Å². The van der Waals surface area contributed by atoms with Crippen LogP contribution in [0.2, 0.25) is 10.3 Å². The van der Waals surface area contributed by atoms with Gasteiger partial charge in [0.1, 0.15) is 10.3 Å². The first-order valence-electron chi connectivity index (χ1n) is 4.33. The van der Waals surface area contributed by atoms with Gasteiger partial charge in [-0.25, -0.2) is 9.97 Å². The second-order valence-electron chi connectivity index (χ2n) is 3.19. The summed E-state index contributed by atoms with van der Waals surface area (Å²) < 4.78 is 0. The van der Waals surface area contributed by atoms with E-state index >= 15 is 0 Å². The Morgan fingerprint density at radius 3 is 2.20 bits per heavy atom. The Morgan fingerprint density at radius 2 is 1.73 bits per heavy atom. The minimum Gasteiger partial charge on any atom is -0.215 e. The lowest BCUT2D eigenvalue weighted by molar-refractivity contribution is 1.14. The van der Waals surface area contributed by atoms with E-state index in [4.69, 9.17) is 23.2 Å². The van der Waals surface area contributed by atoms with Gasteiger partial charge in [0.25, 0.3) is 0 Å². The highest BCUT2D eigenvalue weighted by Crippen LogP contribution is 2.29. The van der Waals surface area contributed by atoms with E-state index in [1.54, 1.807) is 18.3 Å². The molecular formula is C10H8Cl2N2S. The van der Waals surface area contributed by atoms with Crippen molar-refractivity contribution >= 4 is 34.5 Å². The van der Waals surface area contributed by atoms with Crippen LogP contribution in [0.25, 0.3) is 10.7 Å². The average molecular weight is 259 g/mol. The molecule has 2 nitrogen and oxygen atoms in total. The second-order valence-corrected chi connectivity index (χ2v) is 4.82. The SMILES string of the molecule is Cc1ccsc1-c1nc(Cl)c(C)c(Cl)n1. The zero-order valence-corrected chi connectivity index (χ0v) is 10.5. The first-order valence-corrected chi connectivity index (χ1v) is 5.97. The summed E-state index contributed by atoms with van der Waals surface area (Å²) in [7, 11) is 0. The van der Waals surface area contributed by atoms with Crippen molar-refractivity contribution < 1.29 is 0 Å². The lowest BCUT2D eigenvalue weighted by Crippen LogP contribution is -1.93. The van der Waals surface area contributed by atoms with Gasteiger partial charge in [-0.2, -0.15) is 0 Å². The number of rotatable bonds is 1. The third-order valence-corrected chi connectivity index (χ3v) is 3.84. The summed E-state index contributed by atoms with van der Waals surface area (Å²) in [6.45, 7) is 3.81. The lowest BCUT2D eigenvalue weighted by atomic mass is 10.3. The van der Waals surface area contributed by atoms with Crippen molar-refractivity contribution in [2.45, 2.75) is 13.8 Å². The van der Waals surface area contributed by atoms with Gasteiger partial charge in [-0.05, 0) is 30.9 Å². The number of hydrogen-bond donors (Lipinski definition) is 0. The molecule has 0 aliphatic carbocycles. The Hall–Kier alpha value is -0.640. The molecule has 0 saturated carbocycles. The zero-order chi connectivity index (χ0) is 11.0. The molecule has 0 spiro atoms. The van der Waals surface area contributed by atoms with Crippen molar-refractivity contribution in [2.75, 3.05) is 0 Å². The topological polar surface area (TPSA) is 25.8 Å². The minimum atomic E-state index is 0.415. The van der Waals surface area contributed by atoms with E-state index in [-0.39, 0.29) is 0 Å². The molecule has 0 radical (unpaired) electrons. The van der Waals surface area contributed by atoms with Crippen LogP contribution in [-0.2, 0) is 0 Å². The van der Waals surface area contributed by atoms with E-state index in [9.17, 15) is 0 Å². The van der Waals surface area contributed by atoms with Crippen LogP contribution in [0.15, 0.2) is 11.4 Å². The Morgan fingerprint density at radius 1 is 1.13 bits per heavy atom. The molecule has 0 aliphatic rings. The van der Waals surface area contributed by atoms with Crippen molar-refractivity contribution in [3.8, 4) is 10.7 Å². The summed E-state index contributed by atoms with van der Waals surface area (Å²) in [6.07, 6.45) is 0. The molecule has 0 atom stereocenters. The summed E-state index contributed by atoms with van der Waals surface area (Å²) in [5, 5.41) is 2.82. The van der Waals surface area contributed by atoms with E-state index in [2.05, 4.69) is 9.97 Å². The largest absolute Gasteiger partial charge is 0.215 e. The Kier molecular flexibility index (Phi) is 2.96. The molecule has 0 aliphatic heterocycles. The predicted molar refractivity (Wildman–Crippen MR) is 64.8 cm³/mol. The summed E-state index contributed by atoms with van der Waals surface area (Å²) in [5.41, 5.74) is 1.85. The van der Waals surface area contributed by atoms with Gasteiger partial charge >= 0.3 is 0 Å². The predicted octanol–water partition coefficient (Wildman–Crippen LogP) is 4.13. The van der Waals surface area contributed by atoms with Gasteiger partial charge in [0.05, 0.1) is 4.88 Å². The quantitative estimate of drug-likeness (QED) is 0.719. The summed E-state index contributed by atoms with van der Waals surface area (Å²) in [5.74, 6) is 0.600. The molecule has 2 aromatic rings. The van der Waals surface area contributed by atoms with Crippen LogP contribution in [0, 0.1) is 13.8 Å². The maximum Gasteiger partial charge on any atom is 0.172 e. The van der Waals surface area contributed by atoms with E-state index in [0.29, 0.717) is 16.1 Å². The van der Waals surface area contributed by atoms with Gasteiger partial charge in [-0.3, -0.25) is 0 Å².